The summed E-state index contributed by atoms with van der Waals surface area (Å²) in [7, 11) is 0. The number of carbonyl (C=O) groups excluding carboxylic acids is 2. The second kappa shape index (κ2) is 7.52. The summed E-state index contributed by atoms with van der Waals surface area (Å²) >= 11 is 0. The van der Waals surface area contributed by atoms with Crippen molar-refractivity contribution in [3.63, 3.8) is 0 Å². The summed E-state index contributed by atoms with van der Waals surface area (Å²) < 4.78 is 5.41. The molecule has 27 heavy (non-hydrogen) atoms. The highest BCUT2D eigenvalue weighted by Gasteiger charge is 2.35. The lowest BCUT2D eigenvalue weighted by Gasteiger charge is -2.13. The lowest BCUT2D eigenvalue weighted by molar-refractivity contribution is -0.385. The Hall–Kier alpha value is -3.94. The number of nitro benzene ring substituents is 1. The second-order valence-corrected chi connectivity index (χ2v) is 5.53. The highest BCUT2D eigenvalue weighted by atomic mass is 16.6. The molecule has 1 heterocycles. The van der Waals surface area contributed by atoms with Crippen LogP contribution < -0.4 is 15.2 Å². The van der Waals surface area contributed by atoms with E-state index in [4.69, 9.17) is 4.74 Å². The molecule has 0 atom stereocenters. The first-order valence-electron chi connectivity index (χ1n) is 7.96. The van der Waals surface area contributed by atoms with Gasteiger partial charge < -0.3 is 4.74 Å². The Morgan fingerprint density at radius 2 is 1.89 bits per heavy atom. The SMILES string of the molecule is C=CCOc1c(C=C2C(=O)NN(c3ccccc3)C2=O)cccc1[N+](=O)[O-]. The van der Waals surface area contributed by atoms with E-state index in [2.05, 4.69) is 12.0 Å². The Bertz CT molecular complexity index is 953. The monoisotopic (exact) mass is 365 g/mol. The van der Waals surface area contributed by atoms with Gasteiger partial charge >= 0.3 is 5.69 Å². The quantitative estimate of drug-likeness (QED) is 0.279. The topological polar surface area (TPSA) is 102 Å². The van der Waals surface area contributed by atoms with E-state index >= 15 is 0 Å². The van der Waals surface area contributed by atoms with Crippen LogP contribution in [0.1, 0.15) is 5.56 Å². The van der Waals surface area contributed by atoms with E-state index in [9.17, 15) is 19.7 Å². The number of para-hydroxylation sites is 2. The molecule has 0 aliphatic carbocycles. The number of benzene rings is 2. The van der Waals surface area contributed by atoms with Gasteiger partial charge in [-0.2, -0.15) is 0 Å². The molecule has 136 valence electrons. The average molecular weight is 365 g/mol. The van der Waals surface area contributed by atoms with E-state index in [1.807, 2.05) is 0 Å². The zero-order valence-corrected chi connectivity index (χ0v) is 14.1. The minimum absolute atomic E-state index is 0.0336. The zero-order chi connectivity index (χ0) is 19.4. The van der Waals surface area contributed by atoms with Crippen LogP contribution in [0.5, 0.6) is 5.75 Å². The van der Waals surface area contributed by atoms with E-state index in [1.54, 1.807) is 30.3 Å². The molecule has 1 saturated heterocycles. The third-order valence-corrected chi connectivity index (χ3v) is 3.77. The van der Waals surface area contributed by atoms with Gasteiger partial charge in [-0.25, -0.2) is 5.01 Å². The highest BCUT2D eigenvalue weighted by Crippen LogP contribution is 2.33. The molecule has 0 unspecified atom stereocenters. The van der Waals surface area contributed by atoms with Gasteiger partial charge in [-0.15, -0.1) is 0 Å². The van der Waals surface area contributed by atoms with Crippen molar-refractivity contribution in [2.75, 3.05) is 11.6 Å². The van der Waals surface area contributed by atoms with E-state index in [1.165, 1.54) is 30.4 Å². The standard InChI is InChI=1S/C19H15N3O5/c1-2-11-27-17-13(7-6-10-16(17)22(25)26)12-15-18(23)20-21(19(15)24)14-8-4-3-5-9-14/h2-10,12H,1,11H2,(H,20,23). The van der Waals surface area contributed by atoms with Crippen molar-refractivity contribution in [3.05, 3.63) is 82.4 Å². The average Bonchev–Trinajstić information content (AvgIpc) is 2.95. The molecule has 0 aromatic heterocycles. The fourth-order valence-electron chi connectivity index (χ4n) is 2.57. The Balaban J connectivity index is 2.02. The van der Waals surface area contributed by atoms with Gasteiger partial charge in [0, 0.05) is 11.6 Å². The summed E-state index contributed by atoms with van der Waals surface area (Å²) in [6.45, 7) is 3.55. The third-order valence-electron chi connectivity index (χ3n) is 3.77. The van der Waals surface area contributed by atoms with Gasteiger partial charge in [0.25, 0.3) is 11.8 Å². The predicted molar refractivity (Wildman–Crippen MR) is 98.8 cm³/mol. The van der Waals surface area contributed by atoms with Gasteiger partial charge in [0.15, 0.2) is 0 Å². The minimum atomic E-state index is -0.606. The maximum atomic E-state index is 12.6. The molecule has 0 spiro atoms. The van der Waals surface area contributed by atoms with Crippen molar-refractivity contribution in [2.24, 2.45) is 0 Å². The van der Waals surface area contributed by atoms with E-state index in [-0.39, 0.29) is 29.2 Å². The van der Waals surface area contributed by atoms with Crippen LogP contribution in [0.3, 0.4) is 0 Å². The summed E-state index contributed by atoms with van der Waals surface area (Å²) in [5.74, 6) is -1.20. The van der Waals surface area contributed by atoms with Crippen molar-refractivity contribution in [1.82, 2.24) is 5.43 Å². The van der Waals surface area contributed by atoms with Crippen molar-refractivity contribution < 1.29 is 19.2 Å². The second-order valence-electron chi connectivity index (χ2n) is 5.53. The van der Waals surface area contributed by atoms with Crippen LogP contribution in [0.2, 0.25) is 0 Å². The lowest BCUT2D eigenvalue weighted by Crippen LogP contribution is -2.35. The number of nitrogens with zero attached hydrogens (tertiary/aromatic N) is 2. The molecule has 1 aliphatic heterocycles. The van der Waals surface area contributed by atoms with Gasteiger partial charge in [0.1, 0.15) is 12.2 Å². The Labute approximate surface area is 154 Å². The largest absolute Gasteiger partial charge is 0.482 e. The van der Waals surface area contributed by atoms with Crippen molar-refractivity contribution in [3.8, 4) is 5.75 Å². The molecule has 2 aromatic rings. The molecular weight excluding hydrogens is 350 g/mol. The first kappa shape index (κ1) is 17.9. The molecule has 8 nitrogen and oxygen atoms in total. The molecule has 0 radical (unpaired) electrons. The number of hydrogen-bond acceptors (Lipinski definition) is 5. The van der Waals surface area contributed by atoms with Gasteiger partial charge in [0.2, 0.25) is 5.75 Å². The van der Waals surface area contributed by atoms with E-state index < -0.39 is 16.7 Å². The minimum Gasteiger partial charge on any atom is -0.482 e. The van der Waals surface area contributed by atoms with E-state index in [0.717, 1.165) is 5.01 Å². The summed E-state index contributed by atoms with van der Waals surface area (Å²) in [5.41, 5.74) is 2.81. The van der Waals surface area contributed by atoms with Crippen LogP contribution in [0, 0.1) is 10.1 Å². The highest BCUT2D eigenvalue weighted by molar-refractivity contribution is 6.31. The molecule has 1 aliphatic rings. The molecule has 8 heteroatoms. The molecule has 0 saturated carbocycles. The van der Waals surface area contributed by atoms with Crippen molar-refractivity contribution in [1.29, 1.82) is 0 Å². The summed E-state index contributed by atoms with van der Waals surface area (Å²) in [4.78, 5) is 35.6. The number of anilines is 1. The molecule has 0 bridgehead atoms. The fraction of sp³-hybridized carbons (Fsp3) is 0.0526. The number of nitro groups is 1. The fourth-order valence-corrected chi connectivity index (χ4v) is 2.57. The van der Waals surface area contributed by atoms with Crippen LogP contribution in [-0.4, -0.2) is 23.3 Å². The third kappa shape index (κ3) is 3.54. The first-order chi connectivity index (χ1) is 13.0. The van der Waals surface area contributed by atoms with Gasteiger partial charge in [-0.3, -0.25) is 25.1 Å². The number of rotatable bonds is 6. The first-order valence-corrected chi connectivity index (χ1v) is 7.96. The Morgan fingerprint density at radius 3 is 2.56 bits per heavy atom. The molecular formula is C19H15N3O5. The molecule has 3 rings (SSSR count). The predicted octanol–water partition coefficient (Wildman–Crippen LogP) is 2.62. The normalized spacial score (nSPS) is 15.0. The number of ether oxygens (including phenoxy) is 1. The smallest absolute Gasteiger partial charge is 0.311 e. The van der Waals surface area contributed by atoms with Crippen LogP contribution >= 0.6 is 0 Å². The Morgan fingerprint density at radius 1 is 1.15 bits per heavy atom. The Kier molecular flexibility index (Phi) is 4.98. The van der Waals surface area contributed by atoms with Gasteiger partial charge in [0.05, 0.1) is 10.6 Å². The zero-order valence-electron chi connectivity index (χ0n) is 14.1. The molecule has 1 N–H and O–H groups in total. The summed E-state index contributed by atoms with van der Waals surface area (Å²) in [6, 6.07) is 12.9. The van der Waals surface area contributed by atoms with Gasteiger partial charge in [-0.05, 0) is 18.2 Å². The van der Waals surface area contributed by atoms with Crippen molar-refractivity contribution in [2.45, 2.75) is 0 Å². The number of amides is 2. The maximum Gasteiger partial charge on any atom is 0.311 e. The van der Waals surface area contributed by atoms with Crippen LogP contribution in [-0.2, 0) is 9.59 Å². The van der Waals surface area contributed by atoms with Crippen LogP contribution in [0.25, 0.3) is 6.08 Å². The molecule has 2 amide bonds. The lowest BCUT2D eigenvalue weighted by atomic mass is 10.1. The van der Waals surface area contributed by atoms with Crippen LogP contribution in [0.15, 0.2) is 66.8 Å². The van der Waals surface area contributed by atoms with Gasteiger partial charge in [-0.1, -0.05) is 43.0 Å². The summed E-state index contributed by atoms with van der Waals surface area (Å²) in [5, 5.41) is 12.4. The number of nitrogens with one attached hydrogen (secondary N) is 1. The van der Waals surface area contributed by atoms with E-state index in [0.29, 0.717) is 5.69 Å². The van der Waals surface area contributed by atoms with Crippen LogP contribution in [0.4, 0.5) is 11.4 Å². The van der Waals surface area contributed by atoms with Crippen molar-refractivity contribution >= 4 is 29.3 Å². The molecule has 2 aromatic carbocycles. The number of hydrogen-bond donors (Lipinski definition) is 1. The maximum absolute atomic E-state index is 12.6. The number of carbonyl (C=O) groups is 2. The number of hydrazine groups is 1. The summed E-state index contributed by atoms with van der Waals surface area (Å²) in [6.07, 6.45) is 2.73. The molecule has 1 fully saturated rings.